The van der Waals surface area contributed by atoms with Crippen molar-refractivity contribution in [1.29, 1.82) is 0 Å². The van der Waals surface area contributed by atoms with E-state index in [0.29, 0.717) is 0 Å². The minimum absolute atomic E-state index is 0. The first kappa shape index (κ1) is 9.65. The molecule has 1 rings (SSSR count). The summed E-state index contributed by atoms with van der Waals surface area (Å²) in [7, 11) is 4.44. The first-order valence-corrected chi connectivity index (χ1v) is 3.29. The molecule has 3 heteroatoms. The molecule has 0 saturated carbocycles. The van der Waals surface area contributed by atoms with Gasteiger partial charge in [-0.3, -0.25) is 4.90 Å². The Hall–Kier alpha value is 0.650. The fourth-order valence-electron chi connectivity index (χ4n) is 1.00. The second kappa shape index (κ2) is 4.46. The Morgan fingerprint density at radius 2 is 1.67 bits per heavy atom. The van der Waals surface area contributed by atoms with Gasteiger partial charge >= 0.3 is 0 Å². The molecule has 1 saturated heterocycles. The molecule has 0 aromatic rings. The Kier molecular flexibility index (Phi) is 4.79. The highest BCUT2D eigenvalue weighted by Crippen LogP contribution is 1.79. The molecule has 1 heterocycles. The quantitative estimate of drug-likeness (QED) is 0.420. The molecule has 0 unspecified atom stereocenters. The second-order valence-corrected chi connectivity index (χ2v) is 2.76. The second-order valence-electron chi connectivity index (χ2n) is 2.76. The van der Waals surface area contributed by atoms with Gasteiger partial charge in [-0.1, -0.05) is 0 Å². The van der Waals surface area contributed by atoms with Gasteiger partial charge in [0.1, 0.15) is 0 Å². The average Bonchev–Trinajstić information content (AvgIpc) is 1.77. The van der Waals surface area contributed by atoms with Crippen molar-refractivity contribution < 1.29 is 28.9 Å². The minimum Gasteiger partial charge on any atom is -1.00 e. The zero-order chi connectivity index (χ0) is 5.98. The van der Waals surface area contributed by atoms with E-state index >= 15 is 0 Å². The van der Waals surface area contributed by atoms with Gasteiger partial charge in [-0.2, -0.15) is 0 Å². The minimum atomic E-state index is 0. The molecule has 0 spiro atoms. The summed E-state index contributed by atoms with van der Waals surface area (Å²) in [5.41, 5.74) is 0. The van der Waals surface area contributed by atoms with Gasteiger partial charge in [0, 0.05) is 13.1 Å². The van der Waals surface area contributed by atoms with Crippen molar-refractivity contribution in [1.82, 2.24) is 4.90 Å². The summed E-state index contributed by atoms with van der Waals surface area (Å²) < 4.78 is 0. The maximum absolute atomic E-state index is 2.38. The van der Waals surface area contributed by atoms with Crippen LogP contribution in [-0.2, 0) is 0 Å². The standard InChI is InChI=1S/C6H14N2.HI/c1-7-3-5-8(2)6-4-7;/h3-6H2,1-2H3;1H. The van der Waals surface area contributed by atoms with E-state index in [9.17, 15) is 0 Å². The van der Waals surface area contributed by atoms with Gasteiger partial charge in [0.05, 0.1) is 20.1 Å². The number of nitrogens with one attached hydrogen (secondary N) is 1. The number of rotatable bonds is 0. The van der Waals surface area contributed by atoms with Gasteiger partial charge in [-0.25, -0.2) is 0 Å². The van der Waals surface area contributed by atoms with E-state index in [2.05, 4.69) is 19.0 Å². The number of hydrogen-bond donors (Lipinski definition) is 1. The van der Waals surface area contributed by atoms with Crippen LogP contribution in [0.15, 0.2) is 0 Å². The van der Waals surface area contributed by atoms with Crippen LogP contribution >= 0.6 is 0 Å². The van der Waals surface area contributed by atoms with Crippen LogP contribution in [0.25, 0.3) is 0 Å². The predicted octanol–water partition coefficient (Wildman–Crippen LogP) is -4.55. The van der Waals surface area contributed by atoms with Gasteiger partial charge in [-0.15, -0.1) is 0 Å². The third-order valence-electron chi connectivity index (χ3n) is 1.84. The molecule has 2 nitrogen and oxygen atoms in total. The Morgan fingerprint density at radius 1 is 1.22 bits per heavy atom. The van der Waals surface area contributed by atoms with E-state index in [-0.39, 0.29) is 24.0 Å². The number of halogens is 1. The Bertz CT molecular complexity index is 59.5. The van der Waals surface area contributed by atoms with Crippen LogP contribution in [0.4, 0.5) is 0 Å². The van der Waals surface area contributed by atoms with Crippen LogP contribution in [0.3, 0.4) is 0 Å². The highest BCUT2D eigenvalue weighted by atomic mass is 127. The summed E-state index contributed by atoms with van der Waals surface area (Å²) in [6, 6.07) is 0. The monoisotopic (exact) mass is 242 g/mol. The molecule has 1 aliphatic heterocycles. The molecule has 1 aliphatic rings. The number of quaternary nitrogens is 1. The lowest BCUT2D eigenvalue weighted by Gasteiger charge is -2.26. The summed E-state index contributed by atoms with van der Waals surface area (Å²) in [5.74, 6) is 0. The van der Waals surface area contributed by atoms with E-state index in [1.54, 1.807) is 4.90 Å². The van der Waals surface area contributed by atoms with Crippen molar-refractivity contribution in [3.63, 3.8) is 0 Å². The first-order valence-electron chi connectivity index (χ1n) is 3.29. The zero-order valence-corrected chi connectivity index (χ0v) is 8.31. The highest BCUT2D eigenvalue weighted by molar-refractivity contribution is 4.51. The van der Waals surface area contributed by atoms with Crippen LogP contribution in [-0.4, -0.2) is 45.2 Å². The zero-order valence-electron chi connectivity index (χ0n) is 6.15. The molecule has 0 aliphatic carbocycles. The highest BCUT2D eigenvalue weighted by Gasteiger charge is 2.11. The third-order valence-corrected chi connectivity index (χ3v) is 1.84. The lowest BCUT2D eigenvalue weighted by atomic mass is 10.4. The van der Waals surface area contributed by atoms with Crippen molar-refractivity contribution in [2.45, 2.75) is 0 Å². The average molecular weight is 242 g/mol. The van der Waals surface area contributed by atoms with Crippen molar-refractivity contribution in [2.75, 3.05) is 40.3 Å². The largest absolute Gasteiger partial charge is 1.00 e. The SMILES string of the molecule is CN1CC[NH+](C)CC1.[I-]. The summed E-state index contributed by atoms with van der Waals surface area (Å²) in [4.78, 5) is 4.05. The lowest BCUT2D eigenvalue weighted by Crippen LogP contribution is -3.11. The van der Waals surface area contributed by atoms with E-state index in [1.165, 1.54) is 26.2 Å². The van der Waals surface area contributed by atoms with Crippen LogP contribution < -0.4 is 28.9 Å². The number of hydrogen-bond acceptors (Lipinski definition) is 1. The summed E-state index contributed by atoms with van der Waals surface area (Å²) in [6.45, 7) is 5.17. The van der Waals surface area contributed by atoms with Crippen LogP contribution in [0.5, 0.6) is 0 Å². The van der Waals surface area contributed by atoms with E-state index in [4.69, 9.17) is 0 Å². The van der Waals surface area contributed by atoms with E-state index < -0.39 is 0 Å². The molecule has 0 aromatic carbocycles. The summed E-state index contributed by atoms with van der Waals surface area (Å²) in [6.07, 6.45) is 0. The van der Waals surface area contributed by atoms with Crippen LogP contribution in [0.2, 0.25) is 0 Å². The number of likely N-dealkylation sites (N-methyl/N-ethyl adjacent to an activating group) is 2. The Balaban J connectivity index is 0.000000640. The molecule has 0 bridgehead atoms. The van der Waals surface area contributed by atoms with Crippen molar-refractivity contribution in [3.8, 4) is 0 Å². The maximum atomic E-state index is 2.38. The fourth-order valence-corrected chi connectivity index (χ4v) is 1.00. The molecular formula is C6H15IN2. The first-order chi connectivity index (χ1) is 3.79. The normalized spacial score (nSPS) is 23.3. The fraction of sp³-hybridized carbons (Fsp3) is 1.00. The molecule has 1 N–H and O–H groups in total. The van der Waals surface area contributed by atoms with Crippen LogP contribution in [0.1, 0.15) is 0 Å². The smallest absolute Gasteiger partial charge is 0.0898 e. The topological polar surface area (TPSA) is 7.68 Å². The molecular weight excluding hydrogens is 227 g/mol. The van der Waals surface area contributed by atoms with Gasteiger partial charge < -0.3 is 28.9 Å². The van der Waals surface area contributed by atoms with Crippen molar-refractivity contribution >= 4 is 0 Å². The van der Waals surface area contributed by atoms with Gasteiger partial charge in [0.2, 0.25) is 0 Å². The van der Waals surface area contributed by atoms with Gasteiger partial charge in [0.15, 0.2) is 0 Å². The molecule has 0 atom stereocenters. The molecule has 0 amide bonds. The molecule has 0 aromatic heterocycles. The van der Waals surface area contributed by atoms with E-state index in [0.717, 1.165) is 0 Å². The predicted molar refractivity (Wildman–Crippen MR) is 34.1 cm³/mol. The molecule has 56 valence electrons. The van der Waals surface area contributed by atoms with Crippen molar-refractivity contribution in [3.05, 3.63) is 0 Å². The third kappa shape index (κ3) is 3.37. The molecule has 1 fully saturated rings. The Labute approximate surface area is 74.2 Å². The van der Waals surface area contributed by atoms with Gasteiger partial charge in [-0.05, 0) is 7.05 Å². The van der Waals surface area contributed by atoms with E-state index in [1.807, 2.05) is 0 Å². The van der Waals surface area contributed by atoms with Crippen LogP contribution in [0, 0.1) is 0 Å². The number of piperazine rings is 1. The lowest BCUT2D eigenvalue weighted by molar-refractivity contribution is -0.884. The number of nitrogens with zero attached hydrogens (tertiary/aromatic N) is 1. The van der Waals surface area contributed by atoms with Gasteiger partial charge in [0.25, 0.3) is 0 Å². The molecule has 0 radical (unpaired) electrons. The summed E-state index contributed by atoms with van der Waals surface area (Å²) in [5, 5.41) is 0. The Morgan fingerprint density at radius 3 is 2.00 bits per heavy atom. The maximum Gasteiger partial charge on any atom is 0.0898 e. The van der Waals surface area contributed by atoms with Crippen molar-refractivity contribution in [2.24, 2.45) is 0 Å². The summed E-state index contributed by atoms with van der Waals surface area (Å²) >= 11 is 0. The molecule has 9 heavy (non-hydrogen) atoms.